The van der Waals surface area contributed by atoms with Crippen LogP contribution in [0.25, 0.3) is 0 Å². The van der Waals surface area contributed by atoms with Crippen molar-refractivity contribution >= 4 is 14.7 Å². The van der Waals surface area contributed by atoms with Crippen molar-refractivity contribution in [2.24, 2.45) is 0 Å². The van der Waals surface area contributed by atoms with Crippen molar-refractivity contribution in [1.82, 2.24) is 0 Å². The molecule has 0 amide bonds. The molecule has 0 spiro atoms. The van der Waals surface area contributed by atoms with Gasteiger partial charge in [-0.25, -0.2) is 0 Å². The Morgan fingerprint density at radius 1 is 0.519 bits per heavy atom. The number of rotatable bonds is 2. The lowest BCUT2D eigenvalue weighted by atomic mass is 10.2. The van der Waals surface area contributed by atoms with Crippen LogP contribution in [0.1, 0.15) is 89.5 Å². The highest BCUT2D eigenvalue weighted by Crippen LogP contribution is 2.64. The first-order valence-corrected chi connectivity index (χ1v) is 12.6. The molecule has 0 radical (unpaired) electrons. The Kier molecular flexibility index (Phi) is 12.9. The van der Waals surface area contributed by atoms with Crippen LogP contribution in [-0.2, 0) is 9.13 Å². The van der Waals surface area contributed by atoms with Crippen molar-refractivity contribution < 1.29 is 29.1 Å². The fraction of sp³-hybridized carbons (Fsp3) is 1.00. The quantitative estimate of drug-likeness (QED) is 0.453. The fourth-order valence-corrected chi connectivity index (χ4v) is 6.11. The van der Waals surface area contributed by atoms with Gasteiger partial charge in [0.05, 0.1) is 0 Å². The molecule has 0 heterocycles. The summed E-state index contributed by atoms with van der Waals surface area (Å²) in [4.78, 5) is 19.5. The molecule has 0 fully saturated rings. The second-order valence-corrected chi connectivity index (χ2v) is 18.3. The molecule has 27 heavy (non-hydrogen) atoms. The van der Waals surface area contributed by atoms with Crippen LogP contribution in [0.2, 0.25) is 0 Å². The molecule has 0 aromatic carbocycles. The van der Waals surface area contributed by atoms with E-state index in [1.165, 1.54) is 0 Å². The first kappa shape index (κ1) is 32.0. The molecule has 0 saturated carbocycles. The summed E-state index contributed by atoms with van der Waals surface area (Å²) in [7, 11) is -6.12. The second-order valence-electron chi connectivity index (χ2n) is 10.6. The molecule has 0 atom stereocenters. The lowest BCUT2D eigenvalue weighted by Crippen LogP contribution is -2.28. The van der Waals surface area contributed by atoms with E-state index in [1.807, 2.05) is 0 Å². The van der Waals surface area contributed by atoms with Crippen molar-refractivity contribution in [2.75, 3.05) is 13.2 Å². The van der Waals surface area contributed by atoms with Gasteiger partial charge in [-0.2, -0.15) is 0 Å². The molecule has 4 N–H and O–H groups in total. The smallest absolute Gasteiger partial charge is 0.210 e. The van der Waals surface area contributed by atoms with E-state index < -0.39 is 35.4 Å². The van der Waals surface area contributed by atoms with Crippen LogP contribution in [0.4, 0.5) is 0 Å². The molecule has 0 aromatic rings. The Bertz CT molecular complexity index is 420. The maximum Gasteiger partial charge on any atom is 0.210 e. The molecule has 0 rings (SSSR count). The maximum atomic E-state index is 11.8. The highest BCUT2D eigenvalue weighted by atomic mass is 31.2. The van der Waals surface area contributed by atoms with Gasteiger partial charge in [-0.3, -0.25) is 9.13 Å². The molecule has 0 aliphatic heterocycles. The van der Waals surface area contributed by atoms with Gasteiger partial charge in [0.1, 0.15) is 0 Å². The van der Waals surface area contributed by atoms with Gasteiger partial charge in [0.2, 0.25) is 14.7 Å². The van der Waals surface area contributed by atoms with Gasteiger partial charge in [-0.05, 0) is 6.42 Å². The fourth-order valence-electron chi connectivity index (χ4n) is 2.08. The molecule has 8 heteroatoms. The summed E-state index contributed by atoms with van der Waals surface area (Å²) in [6.45, 7) is 21.8. The Hall–Kier alpha value is 0.300. The zero-order chi connectivity index (χ0) is 23.1. The number of aliphatic hydroxyl groups is 2. The summed E-state index contributed by atoms with van der Waals surface area (Å²) in [5.41, 5.74) is 0. The maximum absolute atomic E-state index is 11.8. The summed E-state index contributed by atoms with van der Waals surface area (Å²) in [5, 5.41) is 13.8. The first-order valence-electron chi connectivity index (χ1n) is 9.29. The van der Waals surface area contributed by atoms with Crippen LogP contribution in [0.15, 0.2) is 0 Å². The normalized spacial score (nSPS) is 13.9. The Labute approximate surface area is 167 Å². The third kappa shape index (κ3) is 10.6. The Morgan fingerprint density at radius 3 is 0.667 bits per heavy atom. The SMILES string of the molecule is CC(C)(C)P(=O)(O)C(C)(C)C.CC(C)(C)P(=O)(O)C(C)(C)C.OCCCO. The molecule has 0 aliphatic carbocycles. The van der Waals surface area contributed by atoms with E-state index in [9.17, 15) is 18.9 Å². The van der Waals surface area contributed by atoms with Crippen LogP contribution in [0.5, 0.6) is 0 Å². The minimum atomic E-state index is -3.06. The molecule has 0 aromatic heterocycles. The largest absolute Gasteiger partial charge is 0.396 e. The van der Waals surface area contributed by atoms with Gasteiger partial charge in [0.25, 0.3) is 0 Å². The van der Waals surface area contributed by atoms with Crippen LogP contribution in [0, 0.1) is 0 Å². The summed E-state index contributed by atoms with van der Waals surface area (Å²) >= 11 is 0. The van der Waals surface area contributed by atoms with Crippen LogP contribution in [0.3, 0.4) is 0 Å². The minimum Gasteiger partial charge on any atom is -0.396 e. The van der Waals surface area contributed by atoms with Gasteiger partial charge in [0, 0.05) is 33.8 Å². The van der Waals surface area contributed by atoms with Crippen LogP contribution in [-0.4, -0.2) is 53.8 Å². The summed E-state index contributed by atoms with van der Waals surface area (Å²) in [6.07, 6.45) is 0.500. The number of hydrogen-bond donors (Lipinski definition) is 4. The van der Waals surface area contributed by atoms with E-state index in [2.05, 4.69) is 0 Å². The van der Waals surface area contributed by atoms with Crippen molar-refractivity contribution in [3.8, 4) is 0 Å². The molecule has 0 aliphatic rings. The van der Waals surface area contributed by atoms with E-state index in [1.54, 1.807) is 83.1 Å². The third-order valence-corrected chi connectivity index (χ3v) is 11.2. The van der Waals surface area contributed by atoms with E-state index in [0.29, 0.717) is 6.42 Å². The molecular formula is C19H46O6P2. The topological polar surface area (TPSA) is 115 Å². The minimum absolute atomic E-state index is 0.0938. The monoisotopic (exact) mass is 432 g/mol. The second kappa shape index (κ2) is 10.9. The predicted octanol–water partition coefficient (Wildman–Crippen LogP) is 5.07. The van der Waals surface area contributed by atoms with Crippen molar-refractivity contribution in [3.05, 3.63) is 0 Å². The molecule has 6 nitrogen and oxygen atoms in total. The first-order chi connectivity index (χ1) is 11.4. The standard InChI is InChI=1S/2C8H19O2P.C3H8O2/c2*1-7(2,3)11(9,10)8(4,5)6;4-2-1-3-5/h2*1-6H3,(H,9,10);4-5H,1-3H2. The van der Waals surface area contributed by atoms with Gasteiger partial charge < -0.3 is 20.0 Å². The van der Waals surface area contributed by atoms with Gasteiger partial charge in [-0.1, -0.05) is 83.1 Å². The average Bonchev–Trinajstić information content (AvgIpc) is 2.35. The van der Waals surface area contributed by atoms with E-state index >= 15 is 0 Å². The lowest BCUT2D eigenvalue weighted by molar-refractivity contribution is 0.221. The van der Waals surface area contributed by atoms with Gasteiger partial charge >= 0.3 is 0 Å². The molecule has 0 saturated heterocycles. The Balaban J connectivity index is -0.000000344. The third-order valence-electron chi connectivity index (χ3n) is 3.95. The molecule has 168 valence electrons. The zero-order valence-electron chi connectivity index (χ0n) is 19.6. The average molecular weight is 433 g/mol. The predicted molar refractivity (Wildman–Crippen MR) is 117 cm³/mol. The van der Waals surface area contributed by atoms with Crippen molar-refractivity contribution in [2.45, 2.75) is 110 Å². The highest BCUT2D eigenvalue weighted by molar-refractivity contribution is 7.61. The van der Waals surface area contributed by atoms with E-state index in [4.69, 9.17) is 10.2 Å². The van der Waals surface area contributed by atoms with E-state index in [-0.39, 0.29) is 13.2 Å². The number of hydrogen-bond acceptors (Lipinski definition) is 4. The summed E-state index contributed by atoms with van der Waals surface area (Å²) in [5.74, 6) is 0. The number of aliphatic hydroxyl groups excluding tert-OH is 2. The summed E-state index contributed by atoms with van der Waals surface area (Å²) < 4.78 is 23.6. The van der Waals surface area contributed by atoms with Gasteiger partial charge in [0.15, 0.2) is 0 Å². The highest BCUT2D eigenvalue weighted by Gasteiger charge is 2.45. The summed E-state index contributed by atoms with van der Waals surface area (Å²) in [6, 6.07) is 0. The zero-order valence-corrected chi connectivity index (χ0v) is 21.4. The van der Waals surface area contributed by atoms with Crippen LogP contribution >= 0.6 is 14.7 Å². The molecule has 0 bridgehead atoms. The van der Waals surface area contributed by atoms with Gasteiger partial charge in [-0.15, -0.1) is 0 Å². The van der Waals surface area contributed by atoms with E-state index in [0.717, 1.165) is 0 Å². The van der Waals surface area contributed by atoms with Crippen molar-refractivity contribution in [3.63, 3.8) is 0 Å². The molecule has 0 unspecified atom stereocenters. The van der Waals surface area contributed by atoms with Crippen LogP contribution < -0.4 is 0 Å². The Morgan fingerprint density at radius 2 is 0.667 bits per heavy atom. The molecular weight excluding hydrogens is 386 g/mol. The van der Waals surface area contributed by atoms with Crippen molar-refractivity contribution in [1.29, 1.82) is 0 Å². The lowest BCUT2D eigenvalue weighted by Gasteiger charge is -2.35.